The average molecular weight is 324 g/mol. The molecule has 1 aromatic carbocycles. The quantitative estimate of drug-likeness (QED) is 0.909. The fourth-order valence-electron chi connectivity index (χ4n) is 2.41. The van der Waals surface area contributed by atoms with Crippen LogP contribution in [0.3, 0.4) is 0 Å². The molecular formula is C15H22BrN3. The second kappa shape index (κ2) is 5.97. The Labute approximate surface area is 123 Å². The monoisotopic (exact) mass is 323 g/mol. The summed E-state index contributed by atoms with van der Waals surface area (Å²) in [6.07, 6.45) is 2.27. The van der Waals surface area contributed by atoms with Crippen molar-refractivity contribution in [3.8, 4) is 0 Å². The molecule has 0 aliphatic carbocycles. The zero-order valence-corrected chi connectivity index (χ0v) is 13.7. The van der Waals surface area contributed by atoms with Gasteiger partial charge in [-0.2, -0.15) is 0 Å². The van der Waals surface area contributed by atoms with Crippen molar-refractivity contribution in [3.05, 3.63) is 28.2 Å². The van der Waals surface area contributed by atoms with Gasteiger partial charge < -0.3 is 14.8 Å². The van der Waals surface area contributed by atoms with Gasteiger partial charge in [0.25, 0.3) is 0 Å². The van der Waals surface area contributed by atoms with Crippen molar-refractivity contribution in [3.63, 3.8) is 0 Å². The number of aromatic nitrogens is 1. The molecule has 0 saturated carbocycles. The summed E-state index contributed by atoms with van der Waals surface area (Å²) in [7, 11) is 8.43. The number of benzene rings is 1. The number of nitrogens with zero attached hydrogens (tertiary/aromatic N) is 2. The van der Waals surface area contributed by atoms with Crippen molar-refractivity contribution in [2.24, 2.45) is 0 Å². The molecule has 104 valence electrons. The van der Waals surface area contributed by atoms with E-state index in [0.717, 1.165) is 17.4 Å². The molecule has 0 spiro atoms. The second-order valence-corrected chi connectivity index (χ2v) is 6.36. The van der Waals surface area contributed by atoms with Crippen LogP contribution in [0.15, 0.2) is 22.7 Å². The molecule has 0 unspecified atom stereocenters. The lowest BCUT2D eigenvalue weighted by atomic mass is 10.1. The maximum absolute atomic E-state index is 3.57. The average Bonchev–Trinajstić information content (AvgIpc) is 2.67. The molecule has 0 amide bonds. The van der Waals surface area contributed by atoms with Crippen LogP contribution < -0.4 is 4.90 Å². The first-order chi connectivity index (χ1) is 8.99. The molecule has 2 aromatic rings. The molecule has 19 heavy (non-hydrogen) atoms. The van der Waals surface area contributed by atoms with E-state index in [1.807, 2.05) is 0 Å². The third-order valence-corrected chi connectivity index (χ3v) is 3.82. The molecular weight excluding hydrogens is 302 g/mol. The van der Waals surface area contributed by atoms with E-state index < -0.39 is 0 Å². The topological polar surface area (TPSA) is 22.3 Å². The number of fused-ring (bicyclic) bond motifs is 1. The van der Waals surface area contributed by atoms with Gasteiger partial charge in [0.1, 0.15) is 5.82 Å². The molecule has 0 radical (unpaired) electrons. The molecule has 0 saturated heterocycles. The fraction of sp³-hybridized carbons (Fsp3) is 0.467. The normalized spacial score (nSPS) is 11.5. The largest absolute Gasteiger partial charge is 0.364 e. The Morgan fingerprint density at radius 1 is 1.16 bits per heavy atom. The van der Waals surface area contributed by atoms with Crippen LogP contribution >= 0.6 is 15.9 Å². The SMILES string of the molecule is CN(C)CCCc1c(N(C)C)[nH]c2ccc(Br)cc12. The van der Waals surface area contributed by atoms with Gasteiger partial charge in [-0.05, 0) is 51.7 Å². The van der Waals surface area contributed by atoms with E-state index in [1.54, 1.807) is 0 Å². The lowest BCUT2D eigenvalue weighted by Gasteiger charge is -2.14. The predicted molar refractivity (Wildman–Crippen MR) is 87.2 cm³/mol. The van der Waals surface area contributed by atoms with E-state index in [0.29, 0.717) is 0 Å². The molecule has 1 aromatic heterocycles. The molecule has 0 atom stereocenters. The van der Waals surface area contributed by atoms with Gasteiger partial charge in [-0.1, -0.05) is 15.9 Å². The van der Waals surface area contributed by atoms with Crippen LogP contribution in [0.5, 0.6) is 0 Å². The Balaban J connectivity index is 2.36. The van der Waals surface area contributed by atoms with E-state index in [9.17, 15) is 0 Å². The van der Waals surface area contributed by atoms with Crippen molar-refractivity contribution in [2.75, 3.05) is 39.6 Å². The summed E-state index contributed by atoms with van der Waals surface area (Å²) in [6, 6.07) is 6.44. The van der Waals surface area contributed by atoms with Crippen LogP contribution in [0.4, 0.5) is 5.82 Å². The third-order valence-electron chi connectivity index (χ3n) is 3.32. The Kier molecular flexibility index (Phi) is 4.53. The molecule has 4 heteroatoms. The van der Waals surface area contributed by atoms with Crippen molar-refractivity contribution < 1.29 is 0 Å². The minimum Gasteiger partial charge on any atom is -0.364 e. The van der Waals surface area contributed by atoms with Crippen LogP contribution in [0, 0.1) is 0 Å². The summed E-state index contributed by atoms with van der Waals surface area (Å²) in [4.78, 5) is 7.92. The number of nitrogens with one attached hydrogen (secondary N) is 1. The highest BCUT2D eigenvalue weighted by atomic mass is 79.9. The van der Waals surface area contributed by atoms with E-state index in [1.165, 1.54) is 28.7 Å². The van der Waals surface area contributed by atoms with Crippen molar-refractivity contribution in [1.29, 1.82) is 0 Å². The van der Waals surface area contributed by atoms with Crippen LogP contribution in [-0.4, -0.2) is 44.6 Å². The maximum Gasteiger partial charge on any atom is 0.109 e. The molecule has 0 fully saturated rings. The van der Waals surface area contributed by atoms with Gasteiger partial charge in [-0.15, -0.1) is 0 Å². The molecule has 2 rings (SSSR count). The predicted octanol–water partition coefficient (Wildman–Crippen LogP) is 3.49. The molecule has 1 heterocycles. The Morgan fingerprint density at radius 3 is 2.53 bits per heavy atom. The molecule has 3 nitrogen and oxygen atoms in total. The number of rotatable bonds is 5. The minimum atomic E-state index is 1.10. The Bertz CT molecular complexity index is 558. The van der Waals surface area contributed by atoms with E-state index in [2.05, 4.69) is 77.1 Å². The van der Waals surface area contributed by atoms with Gasteiger partial charge in [0.2, 0.25) is 0 Å². The number of anilines is 1. The Morgan fingerprint density at radius 2 is 1.89 bits per heavy atom. The third kappa shape index (κ3) is 3.31. The van der Waals surface area contributed by atoms with Gasteiger partial charge in [0.15, 0.2) is 0 Å². The highest BCUT2D eigenvalue weighted by Crippen LogP contribution is 2.31. The van der Waals surface area contributed by atoms with Gasteiger partial charge in [0, 0.05) is 35.0 Å². The van der Waals surface area contributed by atoms with Crippen molar-refractivity contribution >= 4 is 32.7 Å². The number of hydrogen-bond donors (Lipinski definition) is 1. The smallest absolute Gasteiger partial charge is 0.109 e. The first-order valence-corrected chi connectivity index (χ1v) is 7.40. The van der Waals surface area contributed by atoms with Crippen molar-refractivity contribution in [1.82, 2.24) is 9.88 Å². The number of aromatic amines is 1. The van der Waals surface area contributed by atoms with Crippen LogP contribution in [-0.2, 0) is 6.42 Å². The first-order valence-electron chi connectivity index (χ1n) is 6.61. The summed E-state index contributed by atoms with van der Waals surface area (Å²) in [6.45, 7) is 1.12. The summed E-state index contributed by atoms with van der Waals surface area (Å²) in [5.74, 6) is 1.23. The molecule has 1 N–H and O–H groups in total. The standard InChI is InChI=1S/C15H22BrN3/c1-18(2)9-5-6-12-13-10-11(16)7-8-14(13)17-15(12)19(3)4/h7-8,10,17H,5-6,9H2,1-4H3. The highest BCUT2D eigenvalue weighted by Gasteiger charge is 2.13. The maximum atomic E-state index is 3.57. The lowest BCUT2D eigenvalue weighted by molar-refractivity contribution is 0.400. The first kappa shape index (κ1) is 14.4. The van der Waals surface area contributed by atoms with Gasteiger partial charge >= 0.3 is 0 Å². The summed E-state index contributed by atoms with van der Waals surface area (Å²) < 4.78 is 1.14. The van der Waals surface area contributed by atoms with Crippen LogP contribution in [0.2, 0.25) is 0 Å². The molecule has 0 bridgehead atoms. The number of hydrogen-bond acceptors (Lipinski definition) is 2. The van der Waals surface area contributed by atoms with Gasteiger partial charge in [-0.3, -0.25) is 0 Å². The van der Waals surface area contributed by atoms with Crippen LogP contribution in [0.1, 0.15) is 12.0 Å². The zero-order chi connectivity index (χ0) is 14.0. The molecule has 0 aliphatic heterocycles. The lowest BCUT2D eigenvalue weighted by Crippen LogP contribution is -2.15. The number of aryl methyl sites for hydroxylation is 1. The fourth-order valence-corrected chi connectivity index (χ4v) is 2.77. The number of halogens is 1. The van der Waals surface area contributed by atoms with Crippen LogP contribution in [0.25, 0.3) is 10.9 Å². The summed E-state index contributed by atoms with van der Waals surface area (Å²) in [5, 5.41) is 1.33. The zero-order valence-electron chi connectivity index (χ0n) is 12.1. The van der Waals surface area contributed by atoms with E-state index >= 15 is 0 Å². The van der Waals surface area contributed by atoms with Gasteiger partial charge in [-0.25, -0.2) is 0 Å². The summed E-state index contributed by atoms with van der Waals surface area (Å²) in [5.41, 5.74) is 2.63. The summed E-state index contributed by atoms with van der Waals surface area (Å²) >= 11 is 3.57. The molecule has 0 aliphatic rings. The Hall–Kier alpha value is -1.000. The van der Waals surface area contributed by atoms with Crippen molar-refractivity contribution in [2.45, 2.75) is 12.8 Å². The number of H-pyrrole nitrogens is 1. The van der Waals surface area contributed by atoms with E-state index in [-0.39, 0.29) is 0 Å². The van der Waals surface area contributed by atoms with E-state index in [4.69, 9.17) is 0 Å². The van der Waals surface area contributed by atoms with Gasteiger partial charge in [0.05, 0.1) is 0 Å². The minimum absolute atomic E-state index is 1.10. The second-order valence-electron chi connectivity index (χ2n) is 5.44. The highest BCUT2D eigenvalue weighted by molar-refractivity contribution is 9.10.